The Bertz CT molecular complexity index is 599. The number of nitrogens with zero attached hydrogens (tertiary/aromatic N) is 3. The molecule has 6 heteroatoms. The van der Waals surface area contributed by atoms with Crippen molar-refractivity contribution < 1.29 is 4.74 Å². The third-order valence-electron chi connectivity index (χ3n) is 3.55. The van der Waals surface area contributed by atoms with Crippen LogP contribution >= 0.6 is 0 Å². The minimum Gasteiger partial charge on any atom is -0.376 e. The zero-order chi connectivity index (χ0) is 15.2. The lowest BCUT2D eigenvalue weighted by Crippen LogP contribution is -2.19. The van der Waals surface area contributed by atoms with Crippen LogP contribution in [0.3, 0.4) is 0 Å². The van der Waals surface area contributed by atoms with E-state index in [9.17, 15) is 0 Å². The molecule has 1 aliphatic heterocycles. The molecule has 0 saturated carbocycles. The Hall–Kier alpha value is -2.21. The maximum absolute atomic E-state index is 5.64. The van der Waals surface area contributed by atoms with Gasteiger partial charge in [0.1, 0.15) is 5.82 Å². The minimum absolute atomic E-state index is 0.277. The summed E-state index contributed by atoms with van der Waals surface area (Å²) in [5.41, 5.74) is 1.83. The fraction of sp³-hybridized carbons (Fsp3) is 0.438. The van der Waals surface area contributed by atoms with Crippen LogP contribution in [-0.2, 0) is 4.74 Å². The van der Waals surface area contributed by atoms with E-state index >= 15 is 0 Å². The minimum atomic E-state index is 0.277. The lowest BCUT2D eigenvalue weighted by molar-refractivity contribution is 0.120. The number of hydrogen-bond donors (Lipinski definition) is 2. The highest BCUT2D eigenvalue weighted by Crippen LogP contribution is 2.21. The molecule has 2 aromatic rings. The molecule has 0 unspecified atom stereocenters. The first-order chi connectivity index (χ1) is 10.8. The van der Waals surface area contributed by atoms with E-state index in [1.54, 1.807) is 6.20 Å². The number of anilines is 2. The molecule has 0 bridgehead atoms. The van der Waals surface area contributed by atoms with Crippen LogP contribution in [0.4, 0.5) is 11.8 Å². The predicted octanol–water partition coefficient (Wildman–Crippen LogP) is 2.56. The maximum Gasteiger partial charge on any atom is 0.225 e. The molecule has 6 nitrogen and oxygen atoms in total. The van der Waals surface area contributed by atoms with Gasteiger partial charge in [0.2, 0.25) is 5.95 Å². The molecular formula is C16H21N5O. The highest BCUT2D eigenvalue weighted by molar-refractivity contribution is 5.63. The first kappa shape index (κ1) is 14.7. The Labute approximate surface area is 130 Å². The Morgan fingerprint density at radius 3 is 3.00 bits per heavy atom. The lowest BCUT2D eigenvalue weighted by atomic mass is 10.2. The molecule has 1 atom stereocenters. The van der Waals surface area contributed by atoms with E-state index in [0.717, 1.165) is 49.6 Å². The number of ether oxygens (including phenoxy) is 1. The van der Waals surface area contributed by atoms with Crippen LogP contribution in [-0.4, -0.2) is 40.8 Å². The summed E-state index contributed by atoms with van der Waals surface area (Å²) in [5.74, 6) is 1.43. The molecule has 3 rings (SSSR count). The molecule has 1 aliphatic rings. The van der Waals surface area contributed by atoms with Crippen LogP contribution in [0.5, 0.6) is 0 Å². The molecule has 0 aromatic carbocycles. The number of nitrogens with one attached hydrogen (secondary N) is 2. The van der Waals surface area contributed by atoms with E-state index in [0.29, 0.717) is 5.95 Å². The van der Waals surface area contributed by atoms with Crippen LogP contribution < -0.4 is 10.6 Å². The molecule has 0 spiro atoms. The van der Waals surface area contributed by atoms with Crippen molar-refractivity contribution in [3.8, 4) is 11.3 Å². The summed E-state index contributed by atoms with van der Waals surface area (Å²) in [4.78, 5) is 13.2. The largest absolute Gasteiger partial charge is 0.376 e. The fourth-order valence-corrected chi connectivity index (χ4v) is 2.46. The lowest BCUT2D eigenvalue weighted by Gasteiger charge is -2.13. The summed E-state index contributed by atoms with van der Waals surface area (Å²) in [5, 5.41) is 6.53. The second-order valence-corrected chi connectivity index (χ2v) is 5.25. The van der Waals surface area contributed by atoms with E-state index in [1.807, 2.05) is 31.3 Å². The Morgan fingerprint density at radius 2 is 2.27 bits per heavy atom. The SMILES string of the molecule is CCNc1nc(NC[C@H]2CCCO2)cc(-c2cccnc2)n1. The van der Waals surface area contributed by atoms with Crippen molar-refractivity contribution >= 4 is 11.8 Å². The van der Waals surface area contributed by atoms with Gasteiger partial charge in [0.25, 0.3) is 0 Å². The van der Waals surface area contributed by atoms with Crippen molar-refractivity contribution in [2.24, 2.45) is 0 Å². The molecule has 2 aromatic heterocycles. The molecule has 0 radical (unpaired) electrons. The molecule has 0 aliphatic carbocycles. The predicted molar refractivity (Wildman–Crippen MR) is 86.9 cm³/mol. The second kappa shape index (κ2) is 7.17. The number of aromatic nitrogens is 3. The van der Waals surface area contributed by atoms with Gasteiger partial charge in [0.15, 0.2) is 0 Å². The Balaban J connectivity index is 1.80. The maximum atomic E-state index is 5.64. The molecule has 22 heavy (non-hydrogen) atoms. The van der Waals surface area contributed by atoms with Crippen LogP contribution in [0.1, 0.15) is 19.8 Å². The van der Waals surface area contributed by atoms with E-state index in [4.69, 9.17) is 4.74 Å². The van der Waals surface area contributed by atoms with Crippen LogP contribution in [0.2, 0.25) is 0 Å². The average molecular weight is 299 g/mol. The zero-order valence-corrected chi connectivity index (χ0v) is 12.7. The molecule has 116 valence electrons. The van der Waals surface area contributed by atoms with Crippen molar-refractivity contribution in [2.45, 2.75) is 25.9 Å². The summed E-state index contributed by atoms with van der Waals surface area (Å²) in [6.45, 7) is 4.44. The van der Waals surface area contributed by atoms with Gasteiger partial charge in [-0.15, -0.1) is 0 Å². The highest BCUT2D eigenvalue weighted by atomic mass is 16.5. The average Bonchev–Trinajstić information content (AvgIpc) is 3.07. The second-order valence-electron chi connectivity index (χ2n) is 5.25. The van der Waals surface area contributed by atoms with E-state index in [1.165, 1.54) is 0 Å². The number of rotatable bonds is 6. The summed E-state index contributed by atoms with van der Waals surface area (Å²) in [6, 6.07) is 5.85. The summed E-state index contributed by atoms with van der Waals surface area (Å²) >= 11 is 0. The van der Waals surface area contributed by atoms with Crippen molar-refractivity contribution in [3.63, 3.8) is 0 Å². The zero-order valence-electron chi connectivity index (χ0n) is 12.7. The highest BCUT2D eigenvalue weighted by Gasteiger charge is 2.15. The topological polar surface area (TPSA) is 72.0 Å². The van der Waals surface area contributed by atoms with E-state index in [2.05, 4.69) is 25.6 Å². The molecule has 3 heterocycles. The Kier molecular flexibility index (Phi) is 4.80. The van der Waals surface area contributed by atoms with Gasteiger partial charge in [-0.2, -0.15) is 4.98 Å². The Morgan fingerprint density at radius 1 is 1.32 bits per heavy atom. The number of hydrogen-bond acceptors (Lipinski definition) is 6. The van der Waals surface area contributed by atoms with Crippen molar-refractivity contribution in [1.29, 1.82) is 0 Å². The molecular weight excluding hydrogens is 278 g/mol. The molecule has 1 fully saturated rings. The summed E-state index contributed by atoms with van der Waals surface area (Å²) in [7, 11) is 0. The van der Waals surface area contributed by atoms with Gasteiger partial charge >= 0.3 is 0 Å². The third-order valence-corrected chi connectivity index (χ3v) is 3.55. The van der Waals surface area contributed by atoms with Crippen molar-refractivity contribution in [2.75, 3.05) is 30.3 Å². The van der Waals surface area contributed by atoms with Gasteiger partial charge in [-0.1, -0.05) is 0 Å². The van der Waals surface area contributed by atoms with Gasteiger partial charge in [0, 0.05) is 43.7 Å². The number of pyridine rings is 1. The quantitative estimate of drug-likeness (QED) is 0.854. The van der Waals surface area contributed by atoms with Crippen molar-refractivity contribution in [3.05, 3.63) is 30.6 Å². The van der Waals surface area contributed by atoms with Crippen LogP contribution in [0, 0.1) is 0 Å². The van der Waals surface area contributed by atoms with Gasteiger partial charge in [-0.3, -0.25) is 4.98 Å². The molecule has 1 saturated heterocycles. The smallest absolute Gasteiger partial charge is 0.225 e. The van der Waals surface area contributed by atoms with Crippen LogP contribution in [0.15, 0.2) is 30.6 Å². The normalized spacial score (nSPS) is 17.4. The molecule has 2 N–H and O–H groups in total. The van der Waals surface area contributed by atoms with Gasteiger partial charge in [-0.05, 0) is 31.9 Å². The van der Waals surface area contributed by atoms with E-state index < -0.39 is 0 Å². The summed E-state index contributed by atoms with van der Waals surface area (Å²) in [6.07, 6.45) is 6.08. The summed E-state index contributed by atoms with van der Waals surface area (Å²) < 4.78 is 5.64. The fourth-order valence-electron chi connectivity index (χ4n) is 2.46. The first-order valence-corrected chi connectivity index (χ1v) is 7.74. The monoisotopic (exact) mass is 299 g/mol. The molecule has 0 amide bonds. The van der Waals surface area contributed by atoms with Crippen molar-refractivity contribution in [1.82, 2.24) is 15.0 Å². The van der Waals surface area contributed by atoms with Gasteiger partial charge in [0.05, 0.1) is 11.8 Å². The van der Waals surface area contributed by atoms with E-state index in [-0.39, 0.29) is 6.10 Å². The standard InChI is InChI=1S/C16H21N5O/c1-2-18-16-20-14(12-5-3-7-17-10-12)9-15(21-16)19-11-13-6-4-8-22-13/h3,5,7,9-10,13H,2,4,6,8,11H2,1H3,(H2,18,19,20,21)/t13-/m1/s1. The third kappa shape index (κ3) is 3.71. The van der Waals surface area contributed by atoms with Gasteiger partial charge < -0.3 is 15.4 Å². The van der Waals surface area contributed by atoms with Crippen LogP contribution in [0.25, 0.3) is 11.3 Å². The first-order valence-electron chi connectivity index (χ1n) is 7.74. The van der Waals surface area contributed by atoms with Gasteiger partial charge in [-0.25, -0.2) is 4.98 Å².